The number of halogens is 1. The number of nitrogens with one attached hydrogen (secondary N) is 1. The van der Waals surface area contributed by atoms with Gasteiger partial charge in [-0.05, 0) is 43.2 Å². The van der Waals surface area contributed by atoms with E-state index in [1.54, 1.807) is 49.4 Å². The fourth-order valence-corrected chi connectivity index (χ4v) is 2.51. The Bertz CT molecular complexity index is 776. The van der Waals surface area contributed by atoms with Gasteiger partial charge in [0.25, 0.3) is 5.91 Å². The Kier molecular flexibility index (Phi) is 6.42. The summed E-state index contributed by atoms with van der Waals surface area (Å²) in [5.41, 5.74) is 1.57. The predicted octanol–water partition coefficient (Wildman–Crippen LogP) is 4.23. The molecule has 0 aromatic heterocycles. The van der Waals surface area contributed by atoms with Crippen molar-refractivity contribution in [2.45, 2.75) is 26.4 Å². The minimum absolute atomic E-state index is 0.312. The van der Waals surface area contributed by atoms with Crippen molar-refractivity contribution in [3.8, 4) is 5.75 Å². The summed E-state index contributed by atoms with van der Waals surface area (Å²) < 4.78 is 10.5. The maximum atomic E-state index is 12.6. The smallest absolute Gasteiger partial charge is 0.338 e. The molecule has 2 aromatic carbocycles. The summed E-state index contributed by atoms with van der Waals surface area (Å²) in [6, 6.07) is 12.0. The van der Waals surface area contributed by atoms with Crippen molar-refractivity contribution in [3.05, 3.63) is 58.6 Å². The number of carbonyl (C=O) groups excluding carboxylic acids is 2. The zero-order valence-electron chi connectivity index (χ0n) is 14.3. The van der Waals surface area contributed by atoms with Crippen LogP contribution in [0.25, 0.3) is 0 Å². The molecule has 2 rings (SSSR count). The Morgan fingerprint density at radius 3 is 2.52 bits per heavy atom. The Hall–Kier alpha value is -2.53. The summed E-state index contributed by atoms with van der Waals surface area (Å²) in [6.45, 7) is 3.59. The van der Waals surface area contributed by atoms with E-state index in [9.17, 15) is 9.59 Å². The number of hydrogen-bond acceptors (Lipinski definition) is 4. The van der Waals surface area contributed by atoms with Gasteiger partial charge in [-0.2, -0.15) is 0 Å². The molecular weight excluding hydrogens is 342 g/mol. The van der Waals surface area contributed by atoms with Crippen LogP contribution in [0.3, 0.4) is 0 Å². The second-order valence-electron chi connectivity index (χ2n) is 5.40. The average molecular weight is 362 g/mol. The molecule has 0 heterocycles. The van der Waals surface area contributed by atoms with Gasteiger partial charge in [0.2, 0.25) is 0 Å². The molecule has 0 radical (unpaired) electrons. The molecular formula is C19H20ClNO4. The van der Waals surface area contributed by atoms with Crippen LogP contribution >= 0.6 is 11.6 Å². The van der Waals surface area contributed by atoms with Gasteiger partial charge in [0.05, 0.1) is 17.7 Å². The first kappa shape index (κ1) is 18.8. The van der Waals surface area contributed by atoms with Gasteiger partial charge in [0, 0.05) is 5.69 Å². The van der Waals surface area contributed by atoms with E-state index < -0.39 is 12.1 Å². The third kappa shape index (κ3) is 4.51. The fraction of sp³-hybridized carbons (Fsp3) is 0.263. The summed E-state index contributed by atoms with van der Waals surface area (Å²) in [7, 11) is 1.32. The molecule has 0 bridgehead atoms. The van der Waals surface area contributed by atoms with Crippen LogP contribution in [0.4, 0.5) is 5.69 Å². The number of hydrogen-bond donors (Lipinski definition) is 1. The molecule has 0 aliphatic heterocycles. The number of ether oxygens (including phenoxy) is 2. The van der Waals surface area contributed by atoms with E-state index in [0.29, 0.717) is 34.0 Å². The van der Waals surface area contributed by atoms with E-state index in [-0.39, 0.29) is 5.91 Å². The number of para-hydroxylation sites is 1. The van der Waals surface area contributed by atoms with Crippen LogP contribution in [0.1, 0.15) is 29.3 Å². The van der Waals surface area contributed by atoms with Crippen LogP contribution in [0.5, 0.6) is 5.75 Å². The lowest BCUT2D eigenvalue weighted by atomic mass is 10.1. The van der Waals surface area contributed by atoms with Crippen molar-refractivity contribution in [3.63, 3.8) is 0 Å². The first-order valence-electron chi connectivity index (χ1n) is 7.87. The maximum Gasteiger partial charge on any atom is 0.338 e. The van der Waals surface area contributed by atoms with Crippen molar-refractivity contribution in [2.75, 3.05) is 12.4 Å². The lowest BCUT2D eigenvalue weighted by Crippen LogP contribution is -2.32. The molecule has 6 heteroatoms. The third-order valence-electron chi connectivity index (χ3n) is 3.77. The van der Waals surface area contributed by atoms with Gasteiger partial charge in [-0.15, -0.1) is 0 Å². The van der Waals surface area contributed by atoms with E-state index in [0.717, 1.165) is 0 Å². The molecule has 2 aromatic rings. The summed E-state index contributed by atoms with van der Waals surface area (Å²) in [5, 5.41) is 3.25. The Morgan fingerprint density at radius 2 is 1.88 bits per heavy atom. The molecule has 0 saturated carbocycles. The molecule has 25 heavy (non-hydrogen) atoms. The van der Waals surface area contributed by atoms with Crippen LogP contribution in [0.2, 0.25) is 5.02 Å². The van der Waals surface area contributed by atoms with Crippen molar-refractivity contribution in [1.29, 1.82) is 0 Å². The number of carbonyl (C=O) groups is 2. The highest BCUT2D eigenvalue weighted by Gasteiger charge is 2.21. The normalized spacial score (nSPS) is 11.5. The Morgan fingerprint density at radius 1 is 1.16 bits per heavy atom. The van der Waals surface area contributed by atoms with Crippen molar-refractivity contribution in [1.82, 2.24) is 0 Å². The molecule has 0 fully saturated rings. The summed E-state index contributed by atoms with van der Waals surface area (Å²) in [5.74, 6) is -0.313. The average Bonchev–Trinajstić information content (AvgIpc) is 2.62. The first-order chi connectivity index (χ1) is 12.0. The van der Waals surface area contributed by atoms with E-state index in [1.165, 1.54) is 7.11 Å². The lowest BCUT2D eigenvalue weighted by Gasteiger charge is -2.19. The highest BCUT2D eigenvalue weighted by atomic mass is 35.5. The second kappa shape index (κ2) is 8.53. The SMILES string of the molecule is CC[C@@H](Oc1ccccc1Cl)C(=O)Nc1cccc(C(=O)OC)c1C. The minimum Gasteiger partial charge on any atom is -0.479 e. The van der Waals surface area contributed by atoms with E-state index in [2.05, 4.69) is 5.32 Å². The molecule has 5 nitrogen and oxygen atoms in total. The zero-order valence-corrected chi connectivity index (χ0v) is 15.1. The number of rotatable bonds is 6. The van der Waals surface area contributed by atoms with Gasteiger partial charge in [0.15, 0.2) is 6.10 Å². The van der Waals surface area contributed by atoms with Gasteiger partial charge in [-0.25, -0.2) is 4.79 Å². The quantitative estimate of drug-likeness (QED) is 0.782. The second-order valence-corrected chi connectivity index (χ2v) is 5.81. The Balaban J connectivity index is 2.17. The molecule has 1 atom stereocenters. The summed E-state index contributed by atoms with van der Waals surface area (Å²) >= 11 is 6.08. The molecule has 0 aliphatic rings. The van der Waals surface area contributed by atoms with Gasteiger partial charge in [-0.3, -0.25) is 4.79 Å². The standard InChI is InChI=1S/C19H20ClNO4/c1-4-16(25-17-11-6-5-9-14(17)20)18(22)21-15-10-7-8-13(12(15)2)19(23)24-3/h5-11,16H,4H2,1-3H3,(H,21,22)/t16-/m1/s1. The summed E-state index contributed by atoms with van der Waals surface area (Å²) in [4.78, 5) is 24.3. The minimum atomic E-state index is -0.707. The monoisotopic (exact) mass is 361 g/mol. The molecule has 132 valence electrons. The van der Waals surface area contributed by atoms with Crippen molar-refractivity contribution < 1.29 is 19.1 Å². The van der Waals surface area contributed by atoms with E-state index in [1.807, 2.05) is 6.92 Å². The van der Waals surface area contributed by atoms with Crippen LogP contribution in [0, 0.1) is 6.92 Å². The van der Waals surface area contributed by atoms with Crippen molar-refractivity contribution >= 4 is 29.2 Å². The molecule has 0 saturated heterocycles. The van der Waals surface area contributed by atoms with Gasteiger partial charge in [-0.1, -0.05) is 36.7 Å². The number of amides is 1. The van der Waals surface area contributed by atoms with Crippen LogP contribution in [-0.2, 0) is 9.53 Å². The lowest BCUT2D eigenvalue weighted by molar-refractivity contribution is -0.122. The predicted molar refractivity (Wildman–Crippen MR) is 97.3 cm³/mol. The fourth-order valence-electron chi connectivity index (χ4n) is 2.33. The largest absolute Gasteiger partial charge is 0.479 e. The molecule has 0 spiro atoms. The van der Waals surface area contributed by atoms with E-state index in [4.69, 9.17) is 21.1 Å². The maximum absolute atomic E-state index is 12.6. The van der Waals surface area contributed by atoms with Crippen molar-refractivity contribution in [2.24, 2.45) is 0 Å². The van der Waals surface area contributed by atoms with Crippen LogP contribution in [-0.4, -0.2) is 25.1 Å². The number of benzene rings is 2. The van der Waals surface area contributed by atoms with Gasteiger partial charge >= 0.3 is 5.97 Å². The number of methoxy groups -OCH3 is 1. The highest BCUT2D eigenvalue weighted by molar-refractivity contribution is 6.32. The molecule has 1 N–H and O–H groups in total. The first-order valence-corrected chi connectivity index (χ1v) is 8.25. The highest BCUT2D eigenvalue weighted by Crippen LogP contribution is 2.26. The number of anilines is 1. The number of esters is 1. The zero-order chi connectivity index (χ0) is 18.4. The van der Waals surface area contributed by atoms with Crippen LogP contribution < -0.4 is 10.1 Å². The molecule has 0 aliphatic carbocycles. The molecule has 1 amide bonds. The summed E-state index contributed by atoms with van der Waals surface area (Å²) in [6.07, 6.45) is -0.242. The van der Waals surface area contributed by atoms with Gasteiger partial charge < -0.3 is 14.8 Å². The van der Waals surface area contributed by atoms with Gasteiger partial charge in [0.1, 0.15) is 5.75 Å². The Labute approximate surface area is 151 Å². The topological polar surface area (TPSA) is 64.6 Å². The van der Waals surface area contributed by atoms with Crippen LogP contribution in [0.15, 0.2) is 42.5 Å². The third-order valence-corrected chi connectivity index (χ3v) is 4.08. The molecule has 0 unspecified atom stereocenters. The van der Waals surface area contributed by atoms with E-state index >= 15 is 0 Å².